The van der Waals surface area contributed by atoms with Crippen LogP contribution < -0.4 is 0 Å². The van der Waals surface area contributed by atoms with Crippen molar-refractivity contribution in [1.29, 1.82) is 0 Å². The Morgan fingerprint density at radius 2 is 2.13 bits per heavy atom. The molecule has 1 aromatic carbocycles. The minimum absolute atomic E-state index is 0.301. The molecule has 6 heteroatoms. The van der Waals surface area contributed by atoms with Crippen molar-refractivity contribution >= 4 is 12.0 Å². The second-order valence-corrected chi connectivity index (χ2v) is 2.53. The Kier molecular flexibility index (Phi) is 3.54. The summed E-state index contributed by atoms with van der Waals surface area (Å²) in [5, 5.41) is 2.77. The summed E-state index contributed by atoms with van der Waals surface area (Å²) >= 11 is 0. The minimum atomic E-state index is -1.01. The molecule has 1 rings (SSSR count). The Morgan fingerprint density at radius 1 is 1.40 bits per heavy atom. The molecule has 0 aromatic heterocycles. The Labute approximate surface area is 83.5 Å². The first-order valence-electron chi connectivity index (χ1n) is 3.85. The fourth-order valence-electron chi connectivity index (χ4n) is 0.861. The first kappa shape index (κ1) is 10.9. The lowest BCUT2D eigenvalue weighted by molar-refractivity contribution is -0.113. The normalized spacial score (nSPS) is 10.0. The van der Waals surface area contributed by atoms with Gasteiger partial charge in [-0.25, -0.2) is 8.78 Å². The monoisotopic (exact) mass is 209 g/mol. The Bertz CT molecular complexity index is 464. The molecular weight excluding hydrogens is 204 g/mol. The summed E-state index contributed by atoms with van der Waals surface area (Å²) < 4.78 is 25.2. The van der Waals surface area contributed by atoms with Crippen molar-refractivity contribution in [2.24, 2.45) is 5.11 Å². The van der Waals surface area contributed by atoms with Gasteiger partial charge < -0.3 is 0 Å². The van der Waals surface area contributed by atoms with Gasteiger partial charge in [0.1, 0.15) is 0 Å². The molecule has 0 spiro atoms. The van der Waals surface area contributed by atoms with Gasteiger partial charge >= 0.3 is 0 Å². The van der Waals surface area contributed by atoms with Gasteiger partial charge in [-0.1, -0.05) is 12.1 Å². The highest BCUT2D eigenvalue weighted by Gasteiger charge is 2.00. The molecule has 1 aromatic rings. The molecule has 0 N–H and O–H groups in total. The van der Waals surface area contributed by atoms with Gasteiger partial charge in [0, 0.05) is 4.91 Å². The second-order valence-electron chi connectivity index (χ2n) is 2.53. The quantitative estimate of drug-likeness (QED) is 0.319. The van der Waals surface area contributed by atoms with Crippen LogP contribution in [0.5, 0.6) is 0 Å². The number of carbonyl (C=O) groups is 1. The van der Waals surface area contributed by atoms with Crippen LogP contribution >= 0.6 is 0 Å². The van der Waals surface area contributed by atoms with E-state index in [-0.39, 0.29) is 0 Å². The van der Waals surface area contributed by atoms with Gasteiger partial charge in [-0.3, -0.25) is 4.79 Å². The summed E-state index contributed by atoms with van der Waals surface area (Å²) in [7, 11) is 0. The number of amides is 1. The van der Waals surface area contributed by atoms with Crippen molar-refractivity contribution in [3.63, 3.8) is 0 Å². The molecule has 0 fully saturated rings. The number of benzene rings is 1. The lowest BCUT2D eigenvalue weighted by Gasteiger charge is -1.94. The predicted octanol–water partition coefficient (Wildman–Crippen LogP) is 2.81. The van der Waals surface area contributed by atoms with E-state index in [1.54, 1.807) is 0 Å². The van der Waals surface area contributed by atoms with Crippen molar-refractivity contribution in [1.82, 2.24) is 0 Å². The standard InChI is InChI=1S/C9H5F2N3O/c10-7-3-1-6(5-8(7)11)2-4-9(15)13-14-12/h1-5H/b4-2+. The largest absolute Gasteiger partial charge is 0.288 e. The van der Waals surface area contributed by atoms with Crippen LogP contribution in [0.25, 0.3) is 16.5 Å². The van der Waals surface area contributed by atoms with Gasteiger partial charge in [0.25, 0.3) is 0 Å². The number of azide groups is 1. The zero-order valence-electron chi connectivity index (χ0n) is 7.39. The van der Waals surface area contributed by atoms with E-state index in [1.165, 1.54) is 12.1 Å². The molecular formula is C9H5F2N3O. The maximum Gasteiger partial charge on any atom is 0.242 e. The highest BCUT2D eigenvalue weighted by Crippen LogP contribution is 2.09. The van der Waals surface area contributed by atoms with E-state index < -0.39 is 17.5 Å². The predicted molar refractivity (Wildman–Crippen MR) is 49.5 cm³/mol. The molecule has 0 saturated carbocycles. The zero-order chi connectivity index (χ0) is 11.3. The third-order valence-electron chi connectivity index (χ3n) is 1.51. The van der Waals surface area contributed by atoms with Crippen LogP contribution in [0.1, 0.15) is 5.56 Å². The summed E-state index contributed by atoms with van der Waals surface area (Å²) in [6.45, 7) is 0. The molecule has 0 unspecified atom stereocenters. The van der Waals surface area contributed by atoms with Crippen molar-refractivity contribution in [2.45, 2.75) is 0 Å². The molecule has 76 valence electrons. The van der Waals surface area contributed by atoms with E-state index in [0.29, 0.717) is 5.56 Å². The van der Waals surface area contributed by atoms with Crippen LogP contribution in [-0.4, -0.2) is 5.91 Å². The summed E-state index contributed by atoms with van der Waals surface area (Å²) in [5.41, 5.74) is 8.21. The minimum Gasteiger partial charge on any atom is -0.288 e. The van der Waals surface area contributed by atoms with Crippen LogP contribution in [0.15, 0.2) is 29.4 Å². The summed E-state index contributed by atoms with van der Waals surface area (Å²) in [4.78, 5) is 13.0. The van der Waals surface area contributed by atoms with Crippen LogP contribution in [0.3, 0.4) is 0 Å². The van der Waals surface area contributed by atoms with E-state index >= 15 is 0 Å². The molecule has 0 bridgehead atoms. The molecule has 0 aliphatic rings. The third kappa shape index (κ3) is 3.21. The highest BCUT2D eigenvalue weighted by molar-refractivity contribution is 5.92. The summed E-state index contributed by atoms with van der Waals surface area (Å²) in [6.07, 6.45) is 2.19. The molecule has 0 radical (unpaired) electrons. The average Bonchev–Trinajstić information content (AvgIpc) is 2.20. The molecule has 15 heavy (non-hydrogen) atoms. The second kappa shape index (κ2) is 4.88. The average molecular weight is 209 g/mol. The Balaban J connectivity index is 2.85. The SMILES string of the molecule is [N-]=[N+]=NC(=O)/C=C/c1ccc(F)c(F)c1. The van der Waals surface area contributed by atoms with Gasteiger partial charge in [-0.15, -0.1) is 0 Å². The van der Waals surface area contributed by atoms with Crippen LogP contribution in [0.4, 0.5) is 8.78 Å². The smallest absolute Gasteiger partial charge is 0.242 e. The van der Waals surface area contributed by atoms with Gasteiger partial charge in [0.2, 0.25) is 5.91 Å². The topological polar surface area (TPSA) is 65.8 Å². The van der Waals surface area contributed by atoms with Crippen molar-refractivity contribution < 1.29 is 13.6 Å². The van der Waals surface area contributed by atoms with Gasteiger partial charge in [0.05, 0.1) is 0 Å². The molecule has 0 aliphatic heterocycles. The maximum absolute atomic E-state index is 12.7. The Hall–Kier alpha value is -2.20. The lowest BCUT2D eigenvalue weighted by Crippen LogP contribution is -1.86. The molecule has 0 heterocycles. The number of rotatable bonds is 2. The first-order valence-corrected chi connectivity index (χ1v) is 3.85. The molecule has 0 aliphatic carbocycles. The molecule has 0 saturated heterocycles. The van der Waals surface area contributed by atoms with E-state index in [0.717, 1.165) is 18.2 Å². The van der Waals surface area contributed by atoms with Gasteiger partial charge in [0.15, 0.2) is 11.6 Å². The van der Waals surface area contributed by atoms with Crippen LogP contribution in [-0.2, 0) is 4.79 Å². The number of hydrogen-bond donors (Lipinski definition) is 0. The van der Waals surface area contributed by atoms with Crippen LogP contribution in [0.2, 0.25) is 0 Å². The van der Waals surface area contributed by atoms with Gasteiger partial charge in [-0.2, -0.15) is 0 Å². The van der Waals surface area contributed by atoms with Gasteiger partial charge in [-0.05, 0) is 34.4 Å². The fraction of sp³-hybridized carbons (Fsp3) is 0. The highest BCUT2D eigenvalue weighted by atomic mass is 19.2. The Morgan fingerprint density at radius 3 is 2.73 bits per heavy atom. The van der Waals surface area contributed by atoms with Crippen molar-refractivity contribution in [3.8, 4) is 0 Å². The maximum atomic E-state index is 12.7. The third-order valence-corrected chi connectivity index (χ3v) is 1.51. The van der Waals surface area contributed by atoms with Crippen molar-refractivity contribution in [2.75, 3.05) is 0 Å². The number of carbonyl (C=O) groups excluding carboxylic acids is 1. The van der Waals surface area contributed by atoms with E-state index in [9.17, 15) is 13.6 Å². The fourth-order valence-corrected chi connectivity index (χ4v) is 0.861. The van der Waals surface area contributed by atoms with E-state index in [2.05, 4.69) is 10.0 Å². The van der Waals surface area contributed by atoms with Crippen molar-refractivity contribution in [3.05, 3.63) is 51.9 Å². The number of halogens is 2. The van der Waals surface area contributed by atoms with Crippen LogP contribution in [0, 0.1) is 11.6 Å². The first-order chi connectivity index (χ1) is 7.13. The number of nitrogens with zero attached hydrogens (tertiary/aromatic N) is 3. The molecule has 1 amide bonds. The summed E-state index contributed by atoms with van der Waals surface area (Å²) in [5.74, 6) is -2.77. The molecule has 0 atom stereocenters. The number of hydrogen-bond acceptors (Lipinski definition) is 1. The summed E-state index contributed by atoms with van der Waals surface area (Å²) in [6, 6.07) is 3.15. The van der Waals surface area contributed by atoms with E-state index in [1.807, 2.05) is 0 Å². The molecule has 4 nitrogen and oxygen atoms in total. The zero-order valence-corrected chi connectivity index (χ0v) is 7.39. The van der Waals surface area contributed by atoms with E-state index in [4.69, 9.17) is 5.53 Å². The lowest BCUT2D eigenvalue weighted by atomic mass is 10.2.